The first-order chi connectivity index (χ1) is 10.8. The van der Waals surface area contributed by atoms with Gasteiger partial charge in [0, 0.05) is 18.7 Å². The summed E-state index contributed by atoms with van der Waals surface area (Å²) in [6.07, 6.45) is 3.37. The molecule has 22 heavy (non-hydrogen) atoms. The van der Waals surface area contributed by atoms with Gasteiger partial charge >= 0.3 is 0 Å². The van der Waals surface area contributed by atoms with E-state index in [1.54, 1.807) is 14.2 Å². The molecule has 0 atom stereocenters. The maximum absolute atomic E-state index is 5.56. The highest BCUT2D eigenvalue weighted by Crippen LogP contribution is 2.42. The molecule has 5 nitrogen and oxygen atoms in total. The molecule has 0 spiro atoms. The Kier molecular flexibility index (Phi) is 4.22. The molecule has 1 aromatic heterocycles. The lowest BCUT2D eigenvalue weighted by Crippen LogP contribution is -2.07. The summed E-state index contributed by atoms with van der Waals surface area (Å²) in [5.74, 6) is 2.74. The van der Waals surface area contributed by atoms with Gasteiger partial charge in [-0.2, -0.15) is 5.10 Å². The number of benzene rings is 1. The SMILES string of the molecule is CCn1nc(-c2c(OC)cccc2OC)c2c1NCCCC2. The summed E-state index contributed by atoms with van der Waals surface area (Å²) < 4.78 is 13.2. The lowest BCUT2D eigenvalue weighted by atomic mass is 10.0. The summed E-state index contributed by atoms with van der Waals surface area (Å²) in [5, 5.41) is 8.36. The normalized spacial score (nSPS) is 14.0. The molecule has 0 unspecified atom stereocenters. The molecular weight excluding hydrogens is 278 g/mol. The van der Waals surface area contributed by atoms with E-state index in [1.807, 2.05) is 22.9 Å². The molecule has 0 fully saturated rings. The van der Waals surface area contributed by atoms with Crippen LogP contribution >= 0.6 is 0 Å². The van der Waals surface area contributed by atoms with Gasteiger partial charge in [-0.05, 0) is 38.3 Å². The molecule has 1 aliphatic heterocycles. The predicted molar refractivity (Wildman–Crippen MR) is 87.9 cm³/mol. The topological polar surface area (TPSA) is 48.3 Å². The van der Waals surface area contributed by atoms with Crippen molar-refractivity contribution in [3.8, 4) is 22.8 Å². The quantitative estimate of drug-likeness (QED) is 0.941. The van der Waals surface area contributed by atoms with E-state index in [4.69, 9.17) is 14.6 Å². The Morgan fingerprint density at radius 2 is 1.91 bits per heavy atom. The average Bonchev–Trinajstić information content (AvgIpc) is 2.73. The second-order valence-electron chi connectivity index (χ2n) is 5.41. The molecule has 1 aliphatic rings. The van der Waals surface area contributed by atoms with Crippen molar-refractivity contribution in [1.82, 2.24) is 9.78 Å². The number of aromatic nitrogens is 2. The third kappa shape index (κ3) is 2.40. The molecule has 5 heteroatoms. The van der Waals surface area contributed by atoms with Crippen LogP contribution in [0.25, 0.3) is 11.3 Å². The van der Waals surface area contributed by atoms with Crippen LogP contribution < -0.4 is 14.8 Å². The van der Waals surface area contributed by atoms with Gasteiger partial charge in [0.1, 0.15) is 23.0 Å². The second-order valence-corrected chi connectivity index (χ2v) is 5.41. The van der Waals surface area contributed by atoms with E-state index >= 15 is 0 Å². The average molecular weight is 301 g/mol. The molecule has 0 saturated carbocycles. The Bertz CT molecular complexity index is 642. The minimum Gasteiger partial charge on any atom is -0.496 e. The highest BCUT2D eigenvalue weighted by atomic mass is 16.5. The van der Waals surface area contributed by atoms with Crippen LogP contribution in [0, 0.1) is 0 Å². The molecule has 2 aromatic rings. The lowest BCUT2D eigenvalue weighted by molar-refractivity contribution is 0.397. The smallest absolute Gasteiger partial charge is 0.132 e. The predicted octanol–water partition coefficient (Wildman–Crippen LogP) is 3.34. The van der Waals surface area contributed by atoms with Crippen LogP contribution in [-0.2, 0) is 13.0 Å². The van der Waals surface area contributed by atoms with Crippen LogP contribution in [-0.4, -0.2) is 30.5 Å². The Labute approximate surface area is 131 Å². The van der Waals surface area contributed by atoms with Crippen molar-refractivity contribution in [2.45, 2.75) is 32.7 Å². The standard InChI is InChI=1S/C17H23N3O2/c1-4-20-17-12(8-5-6-11-18-17)16(19-20)15-13(21-2)9-7-10-14(15)22-3/h7,9-10,18H,4-6,8,11H2,1-3H3. The first-order valence-corrected chi connectivity index (χ1v) is 7.85. The van der Waals surface area contributed by atoms with Gasteiger partial charge in [-0.25, -0.2) is 4.68 Å². The number of anilines is 1. The number of nitrogens with one attached hydrogen (secondary N) is 1. The highest BCUT2D eigenvalue weighted by Gasteiger charge is 2.24. The minimum absolute atomic E-state index is 0.798. The monoisotopic (exact) mass is 301 g/mol. The van der Waals surface area contributed by atoms with E-state index in [1.165, 1.54) is 18.4 Å². The van der Waals surface area contributed by atoms with Crippen LogP contribution in [0.1, 0.15) is 25.3 Å². The molecule has 0 aliphatic carbocycles. The van der Waals surface area contributed by atoms with Crippen LogP contribution in [0.15, 0.2) is 18.2 Å². The molecule has 0 amide bonds. The second kappa shape index (κ2) is 6.30. The number of hydrogen-bond donors (Lipinski definition) is 1. The first kappa shape index (κ1) is 14.8. The van der Waals surface area contributed by atoms with Gasteiger partial charge < -0.3 is 14.8 Å². The summed E-state index contributed by atoms with van der Waals surface area (Å²) >= 11 is 0. The van der Waals surface area contributed by atoms with Crippen molar-refractivity contribution in [3.63, 3.8) is 0 Å². The number of methoxy groups -OCH3 is 2. The van der Waals surface area contributed by atoms with Crippen molar-refractivity contribution in [3.05, 3.63) is 23.8 Å². The fourth-order valence-electron chi connectivity index (χ4n) is 3.08. The molecule has 0 saturated heterocycles. The number of nitrogens with zero attached hydrogens (tertiary/aromatic N) is 2. The summed E-state index contributed by atoms with van der Waals surface area (Å²) in [6, 6.07) is 5.85. The van der Waals surface area contributed by atoms with E-state index < -0.39 is 0 Å². The minimum atomic E-state index is 0.798. The molecular formula is C17H23N3O2. The molecule has 3 rings (SSSR count). The van der Waals surface area contributed by atoms with Crippen molar-refractivity contribution >= 4 is 5.82 Å². The van der Waals surface area contributed by atoms with Gasteiger partial charge in [0.05, 0.1) is 19.8 Å². The summed E-state index contributed by atoms with van der Waals surface area (Å²) in [7, 11) is 3.37. The van der Waals surface area contributed by atoms with Crippen LogP contribution in [0.2, 0.25) is 0 Å². The maximum Gasteiger partial charge on any atom is 0.132 e. The zero-order valence-electron chi connectivity index (χ0n) is 13.5. The Morgan fingerprint density at radius 1 is 1.18 bits per heavy atom. The zero-order chi connectivity index (χ0) is 15.5. The van der Waals surface area contributed by atoms with Crippen LogP contribution in [0.3, 0.4) is 0 Å². The van der Waals surface area contributed by atoms with Gasteiger partial charge in [-0.3, -0.25) is 0 Å². The van der Waals surface area contributed by atoms with Gasteiger partial charge in [-0.1, -0.05) is 6.07 Å². The molecule has 0 bridgehead atoms. The van der Waals surface area contributed by atoms with E-state index in [9.17, 15) is 0 Å². The van der Waals surface area contributed by atoms with Crippen molar-refractivity contribution < 1.29 is 9.47 Å². The van der Waals surface area contributed by atoms with E-state index in [2.05, 4.69) is 12.2 Å². The Morgan fingerprint density at radius 3 is 2.55 bits per heavy atom. The first-order valence-electron chi connectivity index (χ1n) is 7.85. The number of aryl methyl sites for hydroxylation is 1. The van der Waals surface area contributed by atoms with Gasteiger partial charge in [0.25, 0.3) is 0 Å². The fourth-order valence-corrected chi connectivity index (χ4v) is 3.08. The summed E-state index contributed by atoms with van der Waals surface area (Å²) in [5.41, 5.74) is 3.18. The molecule has 1 aromatic carbocycles. The van der Waals surface area contributed by atoms with Crippen molar-refractivity contribution in [2.75, 3.05) is 26.1 Å². The van der Waals surface area contributed by atoms with E-state index in [0.717, 1.165) is 48.1 Å². The molecule has 0 radical (unpaired) electrons. The van der Waals surface area contributed by atoms with Crippen LogP contribution in [0.4, 0.5) is 5.82 Å². The number of rotatable bonds is 4. The lowest BCUT2D eigenvalue weighted by Gasteiger charge is -2.12. The van der Waals surface area contributed by atoms with Crippen molar-refractivity contribution in [2.24, 2.45) is 0 Å². The van der Waals surface area contributed by atoms with E-state index in [0.29, 0.717) is 0 Å². The van der Waals surface area contributed by atoms with Gasteiger partial charge in [0.15, 0.2) is 0 Å². The Balaban J connectivity index is 2.23. The van der Waals surface area contributed by atoms with E-state index in [-0.39, 0.29) is 0 Å². The van der Waals surface area contributed by atoms with Crippen LogP contribution in [0.5, 0.6) is 11.5 Å². The van der Waals surface area contributed by atoms with Gasteiger partial charge in [0.2, 0.25) is 0 Å². The summed E-state index contributed by atoms with van der Waals surface area (Å²) in [4.78, 5) is 0. The summed E-state index contributed by atoms with van der Waals surface area (Å²) in [6.45, 7) is 3.96. The molecule has 118 valence electrons. The number of fused-ring (bicyclic) bond motifs is 1. The molecule has 1 N–H and O–H groups in total. The largest absolute Gasteiger partial charge is 0.496 e. The Hall–Kier alpha value is -2.17. The van der Waals surface area contributed by atoms with Gasteiger partial charge in [-0.15, -0.1) is 0 Å². The fraction of sp³-hybridized carbons (Fsp3) is 0.471. The third-order valence-electron chi connectivity index (χ3n) is 4.16. The zero-order valence-corrected chi connectivity index (χ0v) is 13.5. The number of ether oxygens (including phenoxy) is 2. The van der Waals surface area contributed by atoms with Crippen molar-refractivity contribution in [1.29, 1.82) is 0 Å². The highest BCUT2D eigenvalue weighted by molar-refractivity contribution is 5.79. The number of hydrogen-bond acceptors (Lipinski definition) is 4. The maximum atomic E-state index is 5.56. The molecule has 2 heterocycles. The third-order valence-corrected chi connectivity index (χ3v) is 4.16.